The Labute approximate surface area is 154 Å². The first kappa shape index (κ1) is 17.4. The van der Waals surface area contributed by atoms with E-state index in [0.29, 0.717) is 37.0 Å². The topological polar surface area (TPSA) is 56.8 Å². The lowest BCUT2D eigenvalue weighted by atomic mass is 10.2. The van der Waals surface area contributed by atoms with Crippen LogP contribution < -0.4 is 19.5 Å². The van der Waals surface area contributed by atoms with Crippen molar-refractivity contribution in [1.82, 2.24) is 0 Å². The monoisotopic (exact) mass is 403 g/mol. The summed E-state index contributed by atoms with van der Waals surface area (Å²) in [5.41, 5.74) is 1.47. The van der Waals surface area contributed by atoms with Crippen LogP contribution in [0.2, 0.25) is 0 Å². The predicted octanol–water partition coefficient (Wildman–Crippen LogP) is 4.27. The molecule has 0 atom stereocenters. The van der Waals surface area contributed by atoms with Crippen LogP contribution in [0.1, 0.15) is 12.5 Å². The van der Waals surface area contributed by atoms with Crippen LogP contribution >= 0.6 is 15.9 Å². The first-order valence-corrected chi connectivity index (χ1v) is 8.76. The predicted molar refractivity (Wildman–Crippen MR) is 100 cm³/mol. The summed E-state index contributed by atoms with van der Waals surface area (Å²) in [5.74, 6) is 1.78. The molecule has 1 aliphatic rings. The fraction of sp³-hybridized carbons (Fsp3) is 0.211. The number of halogens is 1. The Kier molecular flexibility index (Phi) is 5.60. The van der Waals surface area contributed by atoms with E-state index in [2.05, 4.69) is 21.2 Å². The van der Waals surface area contributed by atoms with E-state index in [1.54, 1.807) is 18.2 Å². The third-order valence-electron chi connectivity index (χ3n) is 3.52. The van der Waals surface area contributed by atoms with Gasteiger partial charge < -0.3 is 19.5 Å². The maximum Gasteiger partial charge on any atom is 0.248 e. The Morgan fingerprint density at radius 3 is 2.72 bits per heavy atom. The lowest BCUT2D eigenvalue weighted by Crippen LogP contribution is -2.16. The van der Waals surface area contributed by atoms with Crippen molar-refractivity contribution in [2.24, 2.45) is 0 Å². The molecule has 0 bridgehead atoms. The summed E-state index contributed by atoms with van der Waals surface area (Å²) in [4.78, 5) is 12.2. The summed E-state index contributed by atoms with van der Waals surface area (Å²) in [7, 11) is 0. The number of benzene rings is 2. The van der Waals surface area contributed by atoms with E-state index in [9.17, 15) is 4.79 Å². The van der Waals surface area contributed by atoms with Gasteiger partial charge in [-0.25, -0.2) is 0 Å². The van der Waals surface area contributed by atoms with Crippen LogP contribution in [0.5, 0.6) is 17.2 Å². The molecule has 0 unspecified atom stereocenters. The molecule has 0 radical (unpaired) electrons. The largest absolute Gasteiger partial charge is 0.493 e. The number of rotatable bonds is 5. The van der Waals surface area contributed by atoms with Crippen molar-refractivity contribution in [2.75, 3.05) is 25.1 Å². The van der Waals surface area contributed by atoms with Gasteiger partial charge in [0.2, 0.25) is 5.91 Å². The molecular formula is C19H18BrNO4. The third kappa shape index (κ3) is 4.33. The molecule has 0 saturated carbocycles. The van der Waals surface area contributed by atoms with Crippen molar-refractivity contribution < 1.29 is 19.0 Å². The molecule has 0 aromatic heterocycles. The van der Waals surface area contributed by atoms with Crippen LogP contribution in [0.3, 0.4) is 0 Å². The summed E-state index contributed by atoms with van der Waals surface area (Å²) in [6, 6.07) is 11.1. The minimum Gasteiger partial charge on any atom is -0.493 e. The van der Waals surface area contributed by atoms with E-state index in [-0.39, 0.29) is 5.91 Å². The Morgan fingerprint density at radius 2 is 1.96 bits per heavy atom. The number of fused-ring (bicyclic) bond motifs is 1. The molecule has 130 valence electrons. The molecule has 25 heavy (non-hydrogen) atoms. The molecule has 0 saturated heterocycles. The van der Waals surface area contributed by atoms with E-state index in [4.69, 9.17) is 14.2 Å². The van der Waals surface area contributed by atoms with Gasteiger partial charge in [0.05, 0.1) is 12.3 Å². The van der Waals surface area contributed by atoms with E-state index >= 15 is 0 Å². The molecule has 0 spiro atoms. The number of hydrogen-bond donors (Lipinski definition) is 1. The lowest BCUT2D eigenvalue weighted by molar-refractivity contribution is -0.111. The second-order valence-electron chi connectivity index (χ2n) is 5.27. The number of para-hydroxylation sites is 1. The van der Waals surface area contributed by atoms with Crippen LogP contribution in [0.25, 0.3) is 6.08 Å². The van der Waals surface area contributed by atoms with Crippen molar-refractivity contribution >= 4 is 33.6 Å². The Morgan fingerprint density at radius 1 is 1.24 bits per heavy atom. The van der Waals surface area contributed by atoms with Gasteiger partial charge >= 0.3 is 0 Å². The maximum atomic E-state index is 12.2. The molecule has 1 aliphatic heterocycles. The molecule has 6 heteroatoms. The van der Waals surface area contributed by atoms with Gasteiger partial charge in [0.15, 0.2) is 11.5 Å². The summed E-state index contributed by atoms with van der Waals surface area (Å²) >= 11 is 3.44. The highest BCUT2D eigenvalue weighted by Gasteiger charge is 2.15. The first-order valence-electron chi connectivity index (χ1n) is 7.97. The van der Waals surface area contributed by atoms with Crippen LogP contribution in [-0.2, 0) is 4.79 Å². The highest BCUT2D eigenvalue weighted by molar-refractivity contribution is 9.10. The van der Waals surface area contributed by atoms with E-state index in [0.717, 1.165) is 15.8 Å². The SMILES string of the molecule is CCOc1ccccc1/C=C/C(=O)Nc1cc2c(cc1Br)OCCO2. The number of carbonyl (C=O) groups is 1. The lowest BCUT2D eigenvalue weighted by Gasteiger charge is -2.19. The second-order valence-corrected chi connectivity index (χ2v) is 6.12. The van der Waals surface area contributed by atoms with Crippen LogP contribution in [-0.4, -0.2) is 25.7 Å². The molecule has 2 aromatic carbocycles. The quantitative estimate of drug-likeness (QED) is 0.757. The van der Waals surface area contributed by atoms with Gasteiger partial charge in [-0.2, -0.15) is 0 Å². The van der Waals surface area contributed by atoms with Gasteiger partial charge in [0.1, 0.15) is 19.0 Å². The van der Waals surface area contributed by atoms with Gasteiger partial charge in [-0.1, -0.05) is 18.2 Å². The molecule has 5 nitrogen and oxygen atoms in total. The van der Waals surface area contributed by atoms with Crippen molar-refractivity contribution in [2.45, 2.75) is 6.92 Å². The van der Waals surface area contributed by atoms with Crippen LogP contribution in [0, 0.1) is 0 Å². The smallest absolute Gasteiger partial charge is 0.248 e. The molecule has 2 aromatic rings. The zero-order valence-electron chi connectivity index (χ0n) is 13.8. The van der Waals surface area contributed by atoms with Gasteiger partial charge in [-0.3, -0.25) is 4.79 Å². The van der Waals surface area contributed by atoms with Gasteiger partial charge in [0.25, 0.3) is 0 Å². The molecule has 1 amide bonds. The van der Waals surface area contributed by atoms with Crippen molar-refractivity contribution in [3.05, 3.63) is 52.5 Å². The summed E-state index contributed by atoms with van der Waals surface area (Å²) < 4.78 is 17.3. The Hall–Kier alpha value is -2.47. The number of nitrogens with one attached hydrogen (secondary N) is 1. The fourth-order valence-corrected chi connectivity index (χ4v) is 2.83. The van der Waals surface area contributed by atoms with Gasteiger partial charge in [0, 0.05) is 28.2 Å². The standard InChI is InChI=1S/C19H18BrNO4/c1-2-23-16-6-4-3-5-13(16)7-8-19(22)21-15-12-18-17(11-14(15)20)24-9-10-25-18/h3-8,11-12H,2,9-10H2,1H3,(H,21,22)/b8-7+. The third-order valence-corrected chi connectivity index (χ3v) is 4.18. The molecule has 0 fully saturated rings. The maximum absolute atomic E-state index is 12.2. The van der Waals surface area contributed by atoms with Crippen molar-refractivity contribution in [3.8, 4) is 17.2 Å². The second kappa shape index (κ2) is 8.07. The average Bonchev–Trinajstić information content (AvgIpc) is 2.62. The summed E-state index contributed by atoms with van der Waals surface area (Å²) in [5, 5.41) is 2.83. The first-order chi connectivity index (χ1) is 12.2. The van der Waals surface area contributed by atoms with Gasteiger partial charge in [-0.15, -0.1) is 0 Å². The fourth-order valence-electron chi connectivity index (χ4n) is 2.40. The normalized spacial score (nSPS) is 12.9. The number of ether oxygens (including phenoxy) is 3. The summed E-state index contributed by atoms with van der Waals surface area (Å²) in [6.07, 6.45) is 3.20. The number of carbonyl (C=O) groups excluding carboxylic acids is 1. The highest BCUT2D eigenvalue weighted by Crippen LogP contribution is 2.38. The van der Waals surface area contributed by atoms with Crippen LogP contribution in [0.15, 0.2) is 46.9 Å². The zero-order chi connectivity index (χ0) is 17.6. The number of anilines is 1. The minimum atomic E-state index is -0.247. The molecule has 1 N–H and O–H groups in total. The highest BCUT2D eigenvalue weighted by atomic mass is 79.9. The zero-order valence-corrected chi connectivity index (χ0v) is 15.3. The van der Waals surface area contributed by atoms with E-state index in [1.165, 1.54) is 6.08 Å². The number of hydrogen-bond acceptors (Lipinski definition) is 4. The average molecular weight is 404 g/mol. The van der Waals surface area contributed by atoms with Gasteiger partial charge in [-0.05, 0) is 35.0 Å². The van der Waals surface area contributed by atoms with Crippen molar-refractivity contribution in [1.29, 1.82) is 0 Å². The Bertz CT molecular complexity index is 804. The molecule has 1 heterocycles. The van der Waals surface area contributed by atoms with E-state index in [1.807, 2.05) is 31.2 Å². The number of amides is 1. The van der Waals surface area contributed by atoms with Crippen LogP contribution in [0.4, 0.5) is 5.69 Å². The summed E-state index contributed by atoms with van der Waals surface area (Å²) in [6.45, 7) is 3.51. The molecular weight excluding hydrogens is 386 g/mol. The van der Waals surface area contributed by atoms with Crippen molar-refractivity contribution in [3.63, 3.8) is 0 Å². The molecule has 3 rings (SSSR count). The minimum absolute atomic E-state index is 0.247. The Balaban J connectivity index is 1.73. The molecule has 0 aliphatic carbocycles. The van der Waals surface area contributed by atoms with E-state index < -0.39 is 0 Å².